The van der Waals surface area contributed by atoms with E-state index in [2.05, 4.69) is 15.5 Å². The van der Waals surface area contributed by atoms with E-state index in [1.54, 1.807) is 12.1 Å². The van der Waals surface area contributed by atoms with Crippen LogP contribution in [0.2, 0.25) is 0 Å². The van der Waals surface area contributed by atoms with E-state index in [1.807, 2.05) is 20.8 Å². The van der Waals surface area contributed by atoms with Gasteiger partial charge in [0.1, 0.15) is 0 Å². The van der Waals surface area contributed by atoms with Crippen LogP contribution in [0.5, 0.6) is 0 Å². The minimum Gasteiger partial charge on any atom is -0.352 e. The normalized spacial score (nSPS) is 12.2. The molecule has 0 aliphatic carbocycles. The van der Waals surface area contributed by atoms with Crippen LogP contribution in [0, 0.1) is 0 Å². The van der Waals surface area contributed by atoms with Gasteiger partial charge in [-0.05, 0) is 17.7 Å². The van der Waals surface area contributed by atoms with Gasteiger partial charge in [-0.25, -0.2) is 13.6 Å². The molecule has 136 valence electrons. The lowest BCUT2D eigenvalue weighted by Crippen LogP contribution is -2.23. The molecule has 0 radical (unpaired) electrons. The van der Waals surface area contributed by atoms with Crippen molar-refractivity contribution < 1.29 is 17.7 Å². The zero-order chi connectivity index (χ0) is 18.7. The average molecular weight is 366 g/mol. The number of primary sulfonamides is 1. The molecule has 0 fully saturated rings. The first-order chi connectivity index (χ1) is 11.6. The van der Waals surface area contributed by atoms with Gasteiger partial charge in [0.25, 0.3) is 0 Å². The lowest BCUT2D eigenvalue weighted by Gasteiger charge is -2.10. The summed E-state index contributed by atoms with van der Waals surface area (Å²) >= 11 is 0. The van der Waals surface area contributed by atoms with E-state index in [1.165, 1.54) is 12.1 Å². The van der Waals surface area contributed by atoms with Crippen LogP contribution in [0.3, 0.4) is 0 Å². The molecule has 3 N–H and O–H groups in total. The van der Waals surface area contributed by atoms with Crippen molar-refractivity contribution in [1.29, 1.82) is 0 Å². The Morgan fingerprint density at radius 2 is 2.04 bits per heavy atom. The van der Waals surface area contributed by atoms with E-state index in [4.69, 9.17) is 9.66 Å². The maximum atomic E-state index is 11.9. The predicted octanol–water partition coefficient (Wildman–Crippen LogP) is 1.26. The van der Waals surface area contributed by atoms with Gasteiger partial charge in [-0.3, -0.25) is 4.79 Å². The van der Waals surface area contributed by atoms with Gasteiger partial charge in [0, 0.05) is 24.8 Å². The Bertz CT molecular complexity index is 853. The minimum atomic E-state index is -3.76. The molecule has 0 saturated carbocycles. The summed E-state index contributed by atoms with van der Waals surface area (Å²) in [6.45, 7) is 6.14. The van der Waals surface area contributed by atoms with Crippen LogP contribution < -0.4 is 10.5 Å². The lowest BCUT2D eigenvalue weighted by atomic mass is 9.96. The van der Waals surface area contributed by atoms with Crippen LogP contribution >= 0.6 is 0 Å². The summed E-state index contributed by atoms with van der Waals surface area (Å²) in [6, 6.07) is 6.13. The molecule has 9 heteroatoms. The first kappa shape index (κ1) is 19.1. The number of benzene rings is 1. The number of carbonyl (C=O) groups is 1. The molecule has 25 heavy (non-hydrogen) atoms. The van der Waals surface area contributed by atoms with Crippen molar-refractivity contribution in [3.8, 4) is 0 Å². The Morgan fingerprint density at radius 3 is 2.64 bits per heavy atom. The van der Waals surface area contributed by atoms with Crippen LogP contribution in [-0.4, -0.2) is 24.5 Å². The molecular formula is C16H22N4O4S. The van der Waals surface area contributed by atoms with E-state index in [-0.39, 0.29) is 29.2 Å². The maximum Gasteiger partial charge on any atom is 0.238 e. The van der Waals surface area contributed by atoms with Crippen LogP contribution in [-0.2, 0) is 33.2 Å². The van der Waals surface area contributed by atoms with Crippen LogP contribution in [0.25, 0.3) is 0 Å². The van der Waals surface area contributed by atoms with Crippen molar-refractivity contribution in [2.75, 3.05) is 0 Å². The van der Waals surface area contributed by atoms with Crippen LogP contribution in [0.4, 0.5) is 0 Å². The highest BCUT2D eigenvalue weighted by Crippen LogP contribution is 2.18. The third-order valence-electron chi connectivity index (χ3n) is 3.42. The molecule has 0 aliphatic rings. The van der Waals surface area contributed by atoms with Crippen LogP contribution in [0.1, 0.15) is 44.5 Å². The number of sulfonamides is 1. The van der Waals surface area contributed by atoms with Gasteiger partial charge in [-0.15, -0.1) is 0 Å². The summed E-state index contributed by atoms with van der Waals surface area (Å²) in [5.41, 5.74) is 0.436. The Kier molecular flexibility index (Phi) is 5.58. The van der Waals surface area contributed by atoms with Crippen molar-refractivity contribution in [2.45, 2.75) is 50.5 Å². The van der Waals surface area contributed by atoms with Crippen molar-refractivity contribution in [3.05, 3.63) is 41.5 Å². The Morgan fingerprint density at radius 1 is 1.32 bits per heavy atom. The molecule has 0 aliphatic heterocycles. The average Bonchev–Trinajstić information content (AvgIpc) is 2.99. The van der Waals surface area contributed by atoms with Gasteiger partial charge in [0.15, 0.2) is 5.82 Å². The van der Waals surface area contributed by atoms with Crippen molar-refractivity contribution in [1.82, 2.24) is 15.5 Å². The smallest absolute Gasteiger partial charge is 0.238 e. The standard InChI is InChI=1S/C16H22N4O4S/c1-16(2,3)15-19-14(24-20-15)8-7-13(21)18-10-11-5-4-6-12(9-11)25(17,22)23/h4-6,9H,7-8,10H2,1-3H3,(H,18,21)(H2,17,22,23). The van der Waals surface area contributed by atoms with Gasteiger partial charge in [-0.1, -0.05) is 38.1 Å². The van der Waals surface area contributed by atoms with E-state index in [0.29, 0.717) is 23.7 Å². The lowest BCUT2D eigenvalue weighted by molar-refractivity contribution is -0.121. The fourth-order valence-electron chi connectivity index (χ4n) is 2.00. The Labute approximate surface area is 146 Å². The van der Waals surface area contributed by atoms with Crippen molar-refractivity contribution >= 4 is 15.9 Å². The second-order valence-corrected chi connectivity index (χ2v) is 8.29. The van der Waals surface area contributed by atoms with E-state index < -0.39 is 10.0 Å². The molecule has 0 bridgehead atoms. The number of nitrogens with one attached hydrogen (secondary N) is 1. The molecule has 0 saturated heterocycles. The third kappa shape index (κ3) is 5.64. The molecule has 2 aromatic rings. The quantitative estimate of drug-likeness (QED) is 0.792. The molecular weight excluding hydrogens is 344 g/mol. The minimum absolute atomic E-state index is 0.0137. The molecule has 0 atom stereocenters. The second-order valence-electron chi connectivity index (χ2n) is 6.73. The number of hydrogen-bond donors (Lipinski definition) is 2. The number of nitrogens with two attached hydrogens (primary N) is 1. The number of aryl methyl sites for hydroxylation is 1. The number of carbonyl (C=O) groups excluding carboxylic acids is 1. The van der Waals surface area contributed by atoms with E-state index >= 15 is 0 Å². The predicted molar refractivity (Wildman–Crippen MR) is 91.0 cm³/mol. The van der Waals surface area contributed by atoms with Gasteiger partial charge >= 0.3 is 0 Å². The molecule has 1 amide bonds. The molecule has 0 unspecified atom stereocenters. The topological polar surface area (TPSA) is 128 Å². The first-order valence-electron chi connectivity index (χ1n) is 7.77. The highest BCUT2D eigenvalue weighted by atomic mass is 32.2. The molecule has 2 rings (SSSR count). The number of aromatic nitrogens is 2. The van der Waals surface area contributed by atoms with Crippen molar-refractivity contribution in [3.63, 3.8) is 0 Å². The van der Waals surface area contributed by atoms with Gasteiger partial charge in [0.2, 0.25) is 21.8 Å². The number of amides is 1. The molecule has 1 aromatic heterocycles. The SMILES string of the molecule is CC(C)(C)c1noc(CCC(=O)NCc2cccc(S(N)(=O)=O)c2)n1. The second kappa shape index (κ2) is 7.32. The molecule has 1 heterocycles. The summed E-state index contributed by atoms with van der Waals surface area (Å²) in [6.07, 6.45) is 0.535. The summed E-state index contributed by atoms with van der Waals surface area (Å²) in [5, 5.41) is 11.7. The summed E-state index contributed by atoms with van der Waals surface area (Å²) < 4.78 is 27.8. The van der Waals surface area contributed by atoms with Crippen molar-refractivity contribution in [2.24, 2.45) is 5.14 Å². The van der Waals surface area contributed by atoms with Gasteiger partial charge < -0.3 is 9.84 Å². The Balaban J connectivity index is 1.86. The largest absolute Gasteiger partial charge is 0.352 e. The summed E-state index contributed by atoms with van der Waals surface area (Å²) in [5.74, 6) is 0.815. The highest BCUT2D eigenvalue weighted by molar-refractivity contribution is 7.89. The first-order valence-corrected chi connectivity index (χ1v) is 9.32. The zero-order valence-corrected chi connectivity index (χ0v) is 15.3. The number of nitrogens with zero attached hydrogens (tertiary/aromatic N) is 2. The fraction of sp³-hybridized carbons (Fsp3) is 0.438. The molecule has 8 nitrogen and oxygen atoms in total. The third-order valence-corrected chi connectivity index (χ3v) is 4.33. The van der Waals surface area contributed by atoms with E-state index in [9.17, 15) is 13.2 Å². The fourth-order valence-corrected chi connectivity index (χ4v) is 2.59. The highest BCUT2D eigenvalue weighted by Gasteiger charge is 2.21. The number of hydrogen-bond acceptors (Lipinski definition) is 6. The Hall–Kier alpha value is -2.26. The monoisotopic (exact) mass is 366 g/mol. The zero-order valence-electron chi connectivity index (χ0n) is 14.4. The molecule has 0 spiro atoms. The number of rotatable bonds is 6. The maximum absolute atomic E-state index is 11.9. The van der Waals surface area contributed by atoms with Gasteiger partial charge in [-0.2, -0.15) is 4.98 Å². The summed E-state index contributed by atoms with van der Waals surface area (Å²) in [4.78, 5) is 16.2. The summed E-state index contributed by atoms with van der Waals surface area (Å²) in [7, 11) is -3.76. The van der Waals surface area contributed by atoms with E-state index in [0.717, 1.165) is 0 Å². The van der Waals surface area contributed by atoms with Crippen LogP contribution in [0.15, 0.2) is 33.7 Å². The molecule has 1 aromatic carbocycles. The van der Waals surface area contributed by atoms with Gasteiger partial charge in [0.05, 0.1) is 4.90 Å².